The first-order valence-electron chi connectivity index (χ1n) is 8.52. The Labute approximate surface area is 150 Å². The van der Waals surface area contributed by atoms with Crippen LogP contribution in [0.3, 0.4) is 0 Å². The van der Waals surface area contributed by atoms with Crippen molar-refractivity contribution >= 4 is 23.2 Å². The largest absolute Gasteiger partial charge is 0.354 e. The van der Waals surface area contributed by atoms with Crippen molar-refractivity contribution in [2.75, 3.05) is 13.1 Å². The van der Waals surface area contributed by atoms with Gasteiger partial charge in [-0.1, -0.05) is 24.3 Å². The van der Waals surface area contributed by atoms with Gasteiger partial charge < -0.3 is 10.2 Å². The second-order valence-electron chi connectivity index (χ2n) is 6.12. The van der Waals surface area contributed by atoms with Crippen LogP contribution in [0.25, 0.3) is 0 Å². The molecule has 1 saturated heterocycles. The highest BCUT2D eigenvalue weighted by Crippen LogP contribution is 2.22. The molecule has 1 aromatic carbocycles. The normalized spacial score (nSPS) is 17.3. The zero-order valence-electron chi connectivity index (χ0n) is 13.9. The van der Waals surface area contributed by atoms with E-state index >= 15 is 0 Å². The molecule has 0 radical (unpaired) electrons. The van der Waals surface area contributed by atoms with E-state index in [2.05, 4.69) is 5.32 Å². The summed E-state index contributed by atoms with van der Waals surface area (Å²) in [7, 11) is 0. The van der Waals surface area contributed by atoms with Gasteiger partial charge >= 0.3 is 0 Å². The maximum Gasteiger partial charge on any atom is 0.264 e. The lowest BCUT2D eigenvalue weighted by Crippen LogP contribution is -2.52. The first-order valence-corrected chi connectivity index (χ1v) is 9.40. The third-order valence-electron chi connectivity index (χ3n) is 4.45. The van der Waals surface area contributed by atoms with E-state index in [0.29, 0.717) is 36.4 Å². The van der Waals surface area contributed by atoms with Gasteiger partial charge in [-0.05, 0) is 48.8 Å². The number of rotatable bonds is 5. The fraction of sp³-hybridized carbons (Fsp3) is 0.368. The average Bonchev–Trinajstić information content (AvgIpc) is 3.17. The van der Waals surface area contributed by atoms with Crippen molar-refractivity contribution in [3.05, 3.63) is 58.0 Å². The molecule has 0 bridgehead atoms. The summed E-state index contributed by atoms with van der Waals surface area (Å²) in [4.78, 5) is 27.5. The topological polar surface area (TPSA) is 49.4 Å². The Morgan fingerprint density at radius 1 is 1.20 bits per heavy atom. The van der Waals surface area contributed by atoms with Crippen molar-refractivity contribution in [1.82, 2.24) is 10.2 Å². The summed E-state index contributed by atoms with van der Waals surface area (Å²) in [6, 6.07) is 9.74. The summed E-state index contributed by atoms with van der Waals surface area (Å²) in [5, 5.41) is 4.72. The Balaban J connectivity index is 1.59. The molecule has 6 heteroatoms. The van der Waals surface area contributed by atoms with Crippen LogP contribution in [0.15, 0.2) is 41.8 Å². The van der Waals surface area contributed by atoms with E-state index in [1.165, 1.54) is 17.4 Å². The van der Waals surface area contributed by atoms with Gasteiger partial charge in [0, 0.05) is 13.1 Å². The molecule has 2 amide bonds. The number of amides is 2. The van der Waals surface area contributed by atoms with Crippen LogP contribution >= 0.6 is 11.3 Å². The summed E-state index contributed by atoms with van der Waals surface area (Å²) < 4.78 is 13.6. The minimum absolute atomic E-state index is 0.0797. The summed E-state index contributed by atoms with van der Waals surface area (Å²) in [5.74, 6) is -0.492. The number of likely N-dealkylation sites (tertiary alicyclic amines) is 1. The Morgan fingerprint density at radius 3 is 2.80 bits per heavy atom. The SMILES string of the molecule is O=C(NCCc1ccccc1F)C1CCCCN1C(=O)c1cccs1. The van der Waals surface area contributed by atoms with Crippen LogP contribution in [0.4, 0.5) is 4.39 Å². The van der Waals surface area contributed by atoms with E-state index in [1.54, 1.807) is 29.2 Å². The summed E-state index contributed by atoms with van der Waals surface area (Å²) in [6.45, 7) is 0.958. The van der Waals surface area contributed by atoms with E-state index < -0.39 is 6.04 Å². The number of thiophene rings is 1. The number of carbonyl (C=O) groups excluding carboxylic acids is 2. The van der Waals surface area contributed by atoms with Gasteiger partial charge in [0.25, 0.3) is 5.91 Å². The molecule has 1 aromatic heterocycles. The van der Waals surface area contributed by atoms with E-state index in [4.69, 9.17) is 0 Å². The zero-order valence-corrected chi connectivity index (χ0v) is 14.7. The molecule has 1 atom stereocenters. The van der Waals surface area contributed by atoms with Crippen molar-refractivity contribution in [3.63, 3.8) is 0 Å². The number of carbonyl (C=O) groups is 2. The number of nitrogens with zero attached hydrogens (tertiary/aromatic N) is 1. The van der Waals surface area contributed by atoms with E-state index in [-0.39, 0.29) is 17.6 Å². The zero-order chi connectivity index (χ0) is 17.6. The van der Waals surface area contributed by atoms with Crippen molar-refractivity contribution in [2.45, 2.75) is 31.7 Å². The summed E-state index contributed by atoms with van der Waals surface area (Å²) >= 11 is 1.39. The lowest BCUT2D eigenvalue weighted by Gasteiger charge is -2.34. The van der Waals surface area contributed by atoms with Gasteiger partial charge in [-0.3, -0.25) is 9.59 Å². The molecule has 1 aliphatic heterocycles. The molecule has 1 unspecified atom stereocenters. The molecule has 2 aromatic rings. The molecule has 1 aliphatic rings. The molecule has 0 spiro atoms. The number of piperidine rings is 1. The van der Waals surface area contributed by atoms with E-state index in [1.807, 2.05) is 11.4 Å². The highest BCUT2D eigenvalue weighted by atomic mass is 32.1. The molecule has 25 heavy (non-hydrogen) atoms. The Hall–Kier alpha value is -2.21. The lowest BCUT2D eigenvalue weighted by molar-refractivity contribution is -0.126. The van der Waals surface area contributed by atoms with Gasteiger partial charge in [0.15, 0.2) is 0 Å². The van der Waals surface area contributed by atoms with Crippen molar-refractivity contribution in [3.8, 4) is 0 Å². The molecular formula is C19H21FN2O2S. The van der Waals surface area contributed by atoms with E-state index in [9.17, 15) is 14.0 Å². The number of halogens is 1. The number of hydrogen-bond acceptors (Lipinski definition) is 3. The molecule has 0 aliphatic carbocycles. The minimum atomic E-state index is -0.441. The van der Waals surface area contributed by atoms with Gasteiger partial charge in [-0.2, -0.15) is 0 Å². The molecule has 1 N–H and O–H groups in total. The maximum absolute atomic E-state index is 13.6. The predicted molar refractivity (Wildman–Crippen MR) is 96.1 cm³/mol. The predicted octanol–water partition coefficient (Wildman–Crippen LogP) is 3.24. The maximum atomic E-state index is 13.6. The van der Waals surface area contributed by atoms with Crippen LogP contribution in [0, 0.1) is 5.82 Å². The van der Waals surface area contributed by atoms with Crippen LogP contribution in [-0.2, 0) is 11.2 Å². The third-order valence-corrected chi connectivity index (χ3v) is 5.31. The van der Waals surface area contributed by atoms with Gasteiger partial charge in [0.2, 0.25) is 5.91 Å². The first-order chi connectivity index (χ1) is 12.2. The molecule has 4 nitrogen and oxygen atoms in total. The van der Waals surface area contributed by atoms with Crippen LogP contribution in [0.2, 0.25) is 0 Å². The molecular weight excluding hydrogens is 339 g/mol. The molecule has 3 rings (SSSR count). The molecule has 0 saturated carbocycles. The van der Waals surface area contributed by atoms with Crippen molar-refractivity contribution in [1.29, 1.82) is 0 Å². The van der Waals surface area contributed by atoms with Gasteiger partial charge in [0.05, 0.1) is 4.88 Å². The first kappa shape index (κ1) is 17.6. The fourth-order valence-electron chi connectivity index (χ4n) is 3.13. The second kappa shape index (κ2) is 8.25. The molecule has 2 heterocycles. The van der Waals surface area contributed by atoms with Crippen LogP contribution in [0.1, 0.15) is 34.5 Å². The quantitative estimate of drug-likeness (QED) is 0.890. The molecule has 132 valence electrons. The monoisotopic (exact) mass is 360 g/mol. The van der Waals surface area contributed by atoms with Crippen LogP contribution < -0.4 is 5.32 Å². The molecule has 1 fully saturated rings. The highest BCUT2D eigenvalue weighted by Gasteiger charge is 2.32. The third kappa shape index (κ3) is 4.25. The second-order valence-corrected chi connectivity index (χ2v) is 7.07. The summed E-state index contributed by atoms with van der Waals surface area (Å²) in [6.07, 6.45) is 2.95. The minimum Gasteiger partial charge on any atom is -0.354 e. The standard InChI is InChI=1S/C19H21FN2O2S/c20-15-7-2-1-6-14(15)10-11-21-18(23)16-8-3-4-12-22(16)19(24)17-9-5-13-25-17/h1-2,5-7,9,13,16H,3-4,8,10-12H2,(H,21,23). The Morgan fingerprint density at radius 2 is 2.04 bits per heavy atom. The number of nitrogens with one attached hydrogen (secondary N) is 1. The van der Waals surface area contributed by atoms with Gasteiger partial charge in [-0.15, -0.1) is 11.3 Å². The Bertz CT molecular complexity index is 733. The van der Waals surface area contributed by atoms with Crippen LogP contribution in [0.5, 0.6) is 0 Å². The van der Waals surface area contributed by atoms with Crippen molar-refractivity contribution < 1.29 is 14.0 Å². The van der Waals surface area contributed by atoms with Gasteiger partial charge in [-0.25, -0.2) is 4.39 Å². The number of hydrogen-bond donors (Lipinski definition) is 1. The highest BCUT2D eigenvalue weighted by molar-refractivity contribution is 7.12. The van der Waals surface area contributed by atoms with Crippen molar-refractivity contribution in [2.24, 2.45) is 0 Å². The lowest BCUT2D eigenvalue weighted by atomic mass is 10.0. The fourth-order valence-corrected chi connectivity index (χ4v) is 3.81. The summed E-state index contributed by atoms with van der Waals surface area (Å²) in [5.41, 5.74) is 0.581. The average molecular weight is 360 g/mol. The Kier molecular flexibility index (Phi) is 5.81. The van der Waals surface area contributed by atoms with Crippen LogP contribution in [-0.4, -0.2) is 35.8 Å². The smallest absolute Gasteiger partial charge is 0.264 e. The van der Waals surface area contributed by atoms with E-state index in [0.717, 1.165) is 12.8 Å². The number of benzene rings is 1. The van der Waals surface area contributed by atoms with Gasteiger partial charge in [0.1, 0.15) is 11.9 Å².